The fourth-order valence-corrected chi connectivity index (χ4v) is 12.2. The molecular formula is C30H62O6S4Si2. The van der Waals surface area contributed by atoms with Crippen molar-refractivity contribution >= 4 is 60.8 Å². The third-order valence-corrected chi connectivity index (χ3v) is 14.7. The van der Waals surface area contributed by atoms with E-state index in [2.05, 4.69) is 0 Å². The minimum atomic E-state index is -0.0114. The van der Waals surface area contributed by atoms with Crippen LogP contribution in [0.4, 0.5) is 0 Å². The molecular weight excluding hydrogens is 641 g/mol. The van der Waals surface area contributed by atoms with Crippen molar-refractivity contribution in [3.63, 3.8) is 0 Å². The van der Waals surface area contributed by atoms with Crippen molar-refractivity contribution in [1.82, 2.24) is 0 Å². The van der Waals surface area contributed by atoms with E-state index in [1.165, 1.54) is 101 Å². The zero-order valence-corrected chi connectivity index (χ0v) is 32.5. The van der Waals surface area contributed by atoms with Crippen LogP contribution in [0.5, 0.6) is 0 Å². The molecule has 0 spiro atoms. The SMILES string of the molecule is CCOC(CCCCCCCO[Si]CCCSSSSCCC[Si]OCCCCCCCC(OCC)OCC)OCC. The molecule has 0 aromatic rings. The summed E-state index contributed by atoms with van der Waals surface area (Å²) in [5, 5.41) is 0. The average molecular weight is 703 g/mol. The van der Waals surface area contributed by atoms with Gasteiger partial charge < -0.3 is 27.8 Å². The first kappa shape index (κ1) is 43.6. The lowest BCUT2D eigenvalue weighted by Crippen LogP contribution is -2.17. The fourth-order valence-electron chi connectivity index (χ4n) is 4.01. The Hall–Kier alpha value is 1.59. The third kappa shape index (κ3) is 34.5. The minimum Gasteiger partial charge on any atom is -0.417 e. The lowest BCUT2D eigenvalue weighted by atomic mass is 10.1. The van der Waals surface area contributed by atoms with E-state index < -0.39 is 0 Å². The zero-order valence-electron chi connectivity index (χ0n) is 27.2. The maximum absolute atomic E-state index is 5.84. The highest BCUT2D eigenvalue weighted by Gasteiger charge is 2.08. The Bertz CT molecular complexity index is 453. The fraction of sp³-hybridized carbons (Fsp3) is 1.00. The highest BCUT2D eigenvalue weighted by Crippen LogP contribution is 2.43. The molecule has 0 saturated heterocycles. The summed E-state index contributed by atoms with van der Waals surface area (Å²) in [5.74, 6) is 2.44. The summed E-state index contributed by atoms with van der Waals surface area (Å²) in [6, 6.07) is 2.40. The van der Waals surface area contributed by atoms with E-state index in [9.17, 15) is 0 Å². The van der Waals surface area contributed by atoms with Crippen LogP contribution < -0.4 is 0 Å². The molecule has 0 atom stereocenters. The second-order valence-electron chi connectivity index (χ2n) is 9.77. The molecule has 0 aromatic heterocycles. The number of rotatable bonds is 37. The number of unbranched alkanes of at least 4 members (excludes halogenated alkanes) is 8. The Balaban J connectivity index is 3.17. The molecule has 0 saturated carbocycles. The van der Waals surface area contributed by atoms with Crippen molar-refractivity contribution in [2.75, 3.05) is 51.1 Å². The molecule has 12 heteroatoms. The third-order valence-electron chi connectivity index (χ3n) is 6.12. The second-order valence-corrected chi connectivity index (χ2v) is 18.2. The first-order chi connectivity index (χ1) is 20.8. The summed E-state index contributed by atoms with van der Waals surface area (Å²) in [7, 11) is 9.16. The van der Waals surface area contributed by atoms with Crippen LogP contribution in [0.1, 0.15) is 118 Å². The van der Waals surface area contributed by atoms with E-state index in [-0.39, 0.29) is 12.6 Å². The highest BCUT2D eigenvalue weighted by atomic mass is 33.7. The largest absolute Gasteiger partial charge is 0.417 e. The minimum absolute atomic E-state index is 0.0114. The van der Waals surface area contributed by atoms with Crippen molar-refractivity contribution in [2.24, 2.45) is 0 Å². The number of hydrogen-bond acceptors (Lipinski definition) is 10. The summed E-state index contributed by atoms with van der Waals surface area (Å²) < 4.78 is 34.1. The van der Waals surface area contributed by atoms with Crippen LogP contribution in [0.2, 0.25) is 12.1 Å². The lowest BCUT2D eigenvalue weighted by molar-refractivity contribution is -0.140. The maximum Gasteiger partial charge on any atom is 0.229 e. The molecule has 250 valence electrons. The van der Waals surface area contributed by atoms with Gasteiger partial charge in [0.15, 0.2) is 12.6 Å². The highest BCUT2D eigenvalue weighted by molar-refractivity contribution is 9.26. The molecule has 0 rings (SSSR count). The van der Waals surface area contributed by atoms with Gasteiger partial charge in [-0.05, 0) is 111 Å². The van der Waals surface area contributed by atoms with Crippen molar-refractivity contribution in [2.45, 2.75) is 142 Å². The van der Waals surface area contributed by atoms with Gasteiger partial charge in [-0.3, -0.25) is 0 Å². The van der Waals surface area contributed by atoms with E-state index in [0.717, 1.165) is 52.5 Å². The van der Waals surface area contributed by atoms with Gasteiger partial charge in [0.05, 0.1) is 0 Å². The molecule has 42 heavy (non-hydrogen) atoms. The van der Waals surface area contributed by atoms with Crippen molar-refractivity contribution in [3.8, 4) is 0 Å². The normalized spacial score (nSPS) is 11.9. The maximum atomic E-state index is 5.84. The smallest absolute Gasteiger partial charge is 0.229 e. The van der Waals surface area contributed by atoms with Gasteiger partial charge in [0.2, 0.25) is 19.5 Å². The monoisotopic (exact) mass is 702 g/mol. The van der Waals surface area contributed by atoms with Crippen molar-refractivity contribution in [3.05, 3.63) is 0 Å². The molecule has 0 aliphatic heterocycles. The summed E-state index contributed by atoms with van der Waals surface area (Å²) in [6.45, 7) is 12.9. The Kier molecular flexibility index (Phi) is 40.2. The quantitative estimate of drug-likeness (QED) is 0.0271. The molecule has 0 heterocycles. The van der Waals surface area contributed by atoms with E-state index in [1.807, 2.05) is 68.9 Å². The van der Waals surface area contributed by atoms with Crippen molar-refractivity contribution < 1.29 is 27.8 Å². The van der Waals surface area contributed by atoms with Gasteiger partial charge in [0, 0.05) is 51.1 Å². The molecule has 6 nitrogen and oxygen atoms in total. The molecule has 0 aliphatic carbocycles. The predicted molar refractivity (Wildman–Crippen MR) is 192 cm³/mol. The van der Waals surface area contributed by atoms with Gasteiger partial charge in [-0.15, -0.1) is 0 Å². The van der Waals surface area contributed by atoms with Crippen LogP contribution in [0.3, 0.4) is 0 Å². The first-order valence-electron chi connectivity index (χ1n) is 16.5. The summed E-state index contributed by atoms with van der Waals surface area (Å²) in [4.78, 5) is 0. The molecule has 0 fully saturated rings. The predicted octanol–water partition coefficient (Wildman–Crippen LogP) is 10.0. The number of ether oxygens (including phenoxy) is 4. The van der Waals surface area contributed by atoms with Gasteiger partial charge in [-0.2, -0.15) is 0 Å². The molecule has 0 aliphatic rings. The van der Waals surface area contributed by atoms with Crippen LogP contribution in [0.25, 0.3) is 0 Å². The molecule has 0 unspecified atom stereocenters. The Morgan fingerprint density at radius 3 is 1.19 bits per heavy atom. The molecule has 4 radical (unpaired) electrons. The molecule has 0 bridgehead atoms. The Morgan fingerprint density at radius 1 is 0.452 bits per heavy atom. The summed E-state index contributed by atoms with van der Waals surface area (Å²) >= 11 is 0. The molecule has 0 N–H and O–H groups in total. The van der Waals surface area contributed by atoms with E-state index in [1.54, 1.807) is 0 Å². The molecule has 0 amide bonds. The van der Waals surface area contributed by atoms with Crippen LogP contribution in [0.15, 0.2) is 0 Å². The summed E-state index contributed by atoms with van der Waals surface area (Å²) in [5.41, 5.74) is 0. The van der Waals surface area contributed by atoms with Crippen LogP contribution in [0, 0.1) is 0 Å². The Labute approximate surface area is 280 Å². The number of hydrogen-bond donors (Lipinski definition) is 0. The Morgan fingerprint density at radius 2 is 0.810 bits per heavy atom. The average Bonchev–Trinajstić information content (AvgIpc) is 2.99. The van der Waals surface area contributed by atoms with E-state index in [0.29, 0.717) is 19.5 Å². The first-order valence-corrected chi connectivity index (χ1v) is 23.9. The van der Waals surface area contributed by atoms with E-state index >= 15 is 0 Å². The van der Waals surface area contributed by atoms with E-state index in [4.69, 9.17) is 27.8 Å². The topological polar surface area (TPSA) is 55.4 Å². The van der Waals surface area contributed by atoms with Gasteiger partial charge in [0.25, 0.3) is 0 Å². The molecule has 0 aromatic carbocycles. The van der Waals surface area contributed by atoms with Crippen LogP contribution in [-0.2, 0) is 27.8 Å². The van der Waals surface area contributed by atoms with Gasteiger partial charge in [-0.25, -0.2) is 0 Å². The van der Waals surface area contributed by atoms with Gasteiger partial charge in [0.1, 0.15) is 0 Å². The van der Waals surface area contributed by atoms with Gasteiger partial charge in [-0.1, -0.05) is 60.1 Å². The second kappa shape index (κ2) is 38.8. The van der Waals surface area contributed by atoms with Crippen molar-refractivity contribution in [1.29, 1.82) is 0 Å². The van der Waals surface area contributed by atoms with Crippen LogP contribution >= 0.6 is 41.2 Å². The lowest BCUT2D eigenvalue weighted by Gasteiger charge is -2.16. The van der Waals surface area contributed by atoms with Gasteiger partial charge >= 0.3 is 0 Å². The zero-order chi connectivity index (χ0) is 30.6. The standard InChI is InChI=1S/C30H62O6S4Si2/c1-5-31-29(32-6-2)21-15-11-9-13-17-23-35-41-27-19-25-37-39-40-38-26-20-28-42-36-24-18-14-10-12-16-22-30(33-7-3)34-8-4/h29-30H,5-28H2,1-4H3. The van der Waals surface area contributed by atoms with Crippen LogP contribution in [-0.4, -0.2) is 83.3 Å². The summed E-state index contributed by atoms with van der Waals surface area (Å²) in [6.07, 6.45) is 16.8.